The molecule has 0 aromatic carbocycles. The fraction of sp³-hybridized carbons (Fsp3) is 0.727. The summed E-state index contributed by atoms with van der Waals surface area (Å²) in [6.07, 6.45) is -2.36. The van der Waals surface area contributed by atoms with E-state index < -0.39 is 35.5 Å². The fourth-order valence-corrected chi connectivity index (χ4v) is 2.19. The predicted octanol–water partition coefficient (Wildman–Crippen LogP) is -0.595. The summed E-state index contributed by atoms with van der Waals surface area (Å²) in [5.74, 6) is -2.20. The second-order valence-electron chi connectivity index (χ2n) is 4.19. The maximum Gasteiger partial charge on any atom is 0.323 e. The molecular formula is C11H16O7. The van der Waals surface area contributed by atoms with Crippen LogP contribution in [0.25, 0.3) is 0 Å². The standard InChI is InChI=1S/C11H16O7/c1-6(12)18-8-5-11(4-7(8)13,9(14)16-2)10(15)17-3/h7-8,13H,4-5H2,1-3H3/t7-,8-/m1/s1. The van der Waals surface area contributed by atoms with Crippen molar-refractivity contribution in [3.8, 4) is 0 Å². The Labute approximate surface area is 104 Å². The van der Waals surface area contributed by atoms with Gasteiger partial charge in [0.1, 0.15) is 6.10 Å². The second kappa shape index (κ2) is 5.34. The first kappa shape index (κ1) is 14.4. The van der Waals surface area contributed by atoms with Crippen LogP contribution in [0.5, 0.6) is 0 Å². The maximum absolute atomic E-state index is 11.7. The van der Waals surface area contributed by atoms with Crippen LogP contribution in [0, 0.1) is 5.41 Å². The number of rotatable bonds is 3. The summed E-state index contributed by atoms with van der Waals surface area (Å²) in [5.41, 5.74) is -1.61. The summed E-state index contributed by atoms with van der Waals surface area (Å²) >= 11 is 0. The topological polar surface area (TPSA) is 99.1 Å². The van der Waals surface area contributed by atoms with E-state index in [-0.39, 0.29) is 12.8 Å². The third-order valence-corrected chi connectivity index (χ3v) is 3.01. The Morgan fingerprint density at radius 1 is 1.11 bits per heavy atom. The van der Waals surface area contributed by atoms with E-state index in [0.29, 0.717) is 0 Å². The van der Waals surface area contributed by atoms with Crippen LogP contribution < -0.4 is 0 Å². The number of esters is 3. The van der Waals surface area contributed by atoms with E-state index >= 15 is 0 Å². The average Bonchev–Trinajstić information content (AvgIpc) is 2.65. The molecule has 1 aliphatic rings. The highest BCUT2D eigenvalue weighted by atomic mass is 16.6. The molecule has 0 amide bonds. The normalized spacial score (nSPS) is 25.3. The molecule has 7 heteroatoms. The van der Waals surface area contributed by atoms with E-state index in [4.69, 9.17) is 4.74 Å². The zero-order valence-corrected chi connectivity index (χ0v) is 10.5. The average molecular weight is 260 g/mol. The van der Waals surface area contributed by atoms with E-state index in [0.717, 1.165) is 14.2 Å². The monoisotopic (exact) mass is 260 g/mol. The first-order chi connectivity index (χ1) is 8.37. The number of aliphatic hydroxyl groups excluding tert-OH is 1. The molecule has 0 saturated heterocycles. The summed E-state index contributed by atoms with van der Waals surface area (Å²) in [5, 5.41) is 9.77. The summed E-state index contributed by atoms with van der Waals surface area (Å²) in [4.78, 5) is 34.3. The van der Waals surface area contributed by atoms with Gasteiger partial charge in [0, 0.05) is 19.8 Å². The summed E-state index contributed by atoms with van der Waals surface area (Å²) in [6, 6.07) is 0. The lowest BCUT2D eigenvalue weighted by Gasteiger charge is -2.22. The summed E-state index contributed by atoms with van der Waals surface area (Å²) < 4.78 is 14.0. The van der Waals surface area contributed by atoms with Crippen LogP contribution in [0.1, 0.15) is 19.8 Å². The van der Waals surface area contributed by atoms with Crippen molar-refractivity contribution in [3.05, 3.63) is 0 Å². The molecule has 1 fully saturated rings. The van der Waals surface area contributed by atoms with Gasteiger partial charge in [-0.2, -0.15) is 0 Å². The number of hydrogen-bond acceptors (Lipinski definition) is 7. The molecule has 0 heterocycles. The number of hydrogen-bond donors (Lipinski definition) is 1. The minimum Gasteiger partial charge on any atom is -0.468 e. The second-order valence-corrected chi connectivity index (χ2v) is 4.19. The number of methoxy groups -OCH3 is 2. The number of ether oxygens (including phenoxy) is 3. The Hall–Kier alpha value is -1.63. The van der Waals surface area contributed by atoms with Crippen LogP contribution in [-0.4, -0.2) is 49.4 Å². The molecule has 0 radical (unpaired) electrons. The molecule has 0 unspecified atom stereocenters. The molecule has 1 saturated carbocycles. The van der Waals surface area contributed by atoms with Gasteiger partial charge in [-0.3, -0.25) is 14.4 Å². The first-order valence-electron chi connectivity index (χ1n) is 5.39. The van der Waals surface area contributed by atoms with Crippen LogP contribution in [0.3, 0.4) is 0 Å². The smallest absolute Gasteiger partial charge is 0.323 e. The van der Waals surface area contributed by atoms with Crippen molar-refractivity contribution in [2.45, 2.75) is 32.0 Å². The Kier molecular flexibility index (Phi) is 4.28. The lowest BCUT2D eigenvalue weighted by Crippen LogP contribution is -2.39. The van der Waals surface area contributed by atoms with Gasteiger partial charge in [-0.05, 0) is 0 Å². The van der Waals surface area contributed by atoms with Crippen molar-refractivity contribution in [2.75, 3.05) is 14.2 Å². The minimum atomic E-state index is -1.61. The Morgan fingerprint density at radius 2 is 1.61 bits per heavy atom. The zero-order chi connectivity index (χ0) is 13.9. The van der Waals surface area contributed by atoms with E-state index in [1.54, 1.807) is 0 Å². The third-order valence-electron chi connectivity index (χ3n) is 3.01. The molecule has 0 aliphatic heterocycles. The van der Waals surface area contributed by atoms with Crippen LogP contribution in [0.15, 0.2) is 0 Å². The molecule has 102 valence electrons. The number of carbonyl (C=O) groups excluding carboxylic acids is 3. The van der Waals surface area contributed by atoms with Crippen molar-refractivity contribution in [1.82, 2.24) is 0 Å². The van der Waals surface area contributed by atoms with Crippen molar-refractivity contribution in [2.24, 2.45) is 5.41 Å². The van der Waals surface area contributed by atoms with E-state index in [1.807, 2.05) is 0 Å². The van der Waals surface area contributed by atoms with Gasteiger partial charge in [0.05, 0.1) is 20.3 Å². The highest BCUT2D eigenvalue weighted by Gasteiger charge is 2.58. The predicted molar refractivity (Wildman–Crippen MR) is 57.3 cm³/mol. The quantitative estimate of drug-likeness (QED) is 0.411. The molecule has 18 heavy (non-hydrogen) atoms. The molecular weight excluding hydrogens is 244 g/mol. The molecule has 0 aromatic rings. The van der Waals surface area contributed by atoms with E-state index in [1.165, 1.54) is 6.92 Å². The van der Waals surface area contributed by atoms with Gasteiger partial charge >= 0.3 is 17.9 Å². The lowest BCUT2D eigenvalue weighted by molar-refractivity contribution is -0.170. The lowest BCUT2D eigenvalue weighted by atomic mass is 9.86. The van der Waals surface area contributed by atoms with E-state index in [9.17, 15) is 19.5 Å². The third kappa shape index (κ3) is 2.45. The van der Waals surface area contributed by atoms with Crippen molar-refractivity contribution in [1.29, 1.82) is 0 Å². The Morgan fingerprint density at radius 3 is 2.00 bits per heavy atom. The summed E-state index contributed by atoms with van der Waals surface area (Å²) in [7, 11) is 2.27. The van der Waals surface area contributed by atoms with Crippen molar-refractivity contribution >= 4 is 17.9 Å². The van der Waals surface area contributed by atoms with Gasteiger partial charge in [0.15, 0.2) is 5.41 Å². The van der Waals surface area contributed by atoms with Crippen LogP contribution >= 0.6 is 0 Å². The van der Waals surface area contributed by atoms with Crippen molar-refractivity contribution < 1.29 is 33.7 Å². The van der Waals surface area contributed by atoms with Gasteiger partial charge in [0.2, 0.25) is 0 Å². The largest absolute Gasteiger partial charge is 0.468 e. The van der Waals surface area contributed by atoms with Crippen molar-refractivity contribution in [3.63, 3.8) is 0 Å². The van der Waals surface area contributed by atoms with Gasteiger partial charge in [-0.1, -0.05) is 0 Å². The molecule has 7 nitrogen and oxygen atoms in total. The molecule has 1 rings (SSSR count). The van der Waals surface area contributed by atoms with Crippen LogP contribution in [0.2, 0.25) is 0 Å². The Balaban J connectivity index is 2.98. The molecule has 0 bridgehead atoms. The molecule has 0 spiro atoms. The highest BCUT2D eigenvalue weighted by Crippen LogP contribution is 2.42. The molecule has 0 aromatic heterocycles. The highest BCUT2D eigenvalue weighted by molar-refractivity contribution is 6.00. The number of aliphatic hydroxyl groups is 1. The molecule has 2 atom stereocenters. The number of carbonyl (C=O) groups is 3. The zero-order valence-electron chi connectivity index (χ0n) is 10.5. The minimum absolute atomic E-state index is 0.146. The Bertz CT molecular complexity index is 346. The maximum atomic E-state index is 11.7. The molecule has 1 N–H and O–H groups in total. The van der Waals surface area contributed by atoms with Gasteiger partial charge in [-0.25, -0.2) is 0 Å². The van der Waals surface area contributed by atoms with Gasteiger partial charge in [0.25, 0.3) is 0 Å². The van der Waals surface area contributed by atoms with Crippen LogP contribution in [-0.2, 0) is 28.6 Å². The van der Waals surface area contributed by atoms with Gasteiger partial charge < -0.3 is 19.3 Å². The summed E-state index contributed by atoms with van der Waals surface area (Å²) in [6.45, 7) is 1.18. The molecule has 1 aliphatic carbocycles. The fourth-order valence-electron chi connectivity index (χ4n) is 2.19. The van der Waals surface area contributed by atoms with Gasteiger partial charge in [-0.15, -0.1) is 0 Å². The van der Waals surface area contributed by atoms with E-state index in [2.05, 4.69) is 9.47 Å². The SMILES string of the molecule is COC(=O)C1(C(=O)OC)C[C@@H](O)[C@H](OC(C)=O)C1. The first-order valence-corrected chi connectivity index (χ1v) is 5.39. The van der Waals surface area contributed by atoms with Crippen LogP contribution in [0.4, 0.5) is 0 Å².